The second kappa shape index (κ2) is 9.28. The predicted octanol–water partition coefficient (Wildman–Crippen LogP) is 5.32. The number of fused-ring (bicyclic) bond motifs is 1. The molecule has 0 fully saturated rings. The van der Waals surface area contributed by atoms with Crippen LogP contribution < -0.4 is 10.2 Å². The second-order valence-electron chi connectivity index (χ2n) is 7.95. The summed E-state index contributed by atoms with van der Waals surface area (Å²) < 4.78 is 0. The van der Waals surface area contributed by atoms with Crippen LogP contribution in [-0.2, 0) is 22.7 Å². The zero-order chi connectivity index (χ0) is 22.0. The number of para-hydroxylation sites is 1. The molecular formula is C25H26N2O2S2. The van der Waals surface area contributed by atoms with Crippen LogP contribution in [0.1, 0.15) is 28.5 Å². The monoisotopic (exact) mass is 450 g/mol. The van der Waals surface area contributed by atoms with Gasteiger partial charge in [-0.15, -0.1) is 23.1 Å². The Morgan fingerprint density at radius 3 is 2.71 bits per heavy atom. The van der Waals surface area contributed by atoms with E-state index in [1.54, 1.807) is 11.3 Å². The van der Waals surface area contributed by atoms with Crippen LogP contribution in [0.2, 0.25) is 0 Å². The molecule has 0 radical (unpaired) electrons. The molecule has 2 amide bonds. The van der Waals surface area contributed by atoms with Crippen LogP contribution >= 0.6 is 23.1 Å². The molecule has 2 heterocycles. The average Bonchev–Trinajstić information content (AvgIpc) is 3.29. The molecule has 6 heteroatoms. The van der Waals surface area contributed by atoms with Gasteiger partial charge in [0.05, 0.1) is 24.7 Å². The third-order valence-electron chi connectivity index (χ3n) is 5.64. The largest absolute Gasteiger partial charge is 0.351 e. The van der Waals surface area contributed by atoms with E-state index in [2.05, 4.69) is 37.4 Å². The molecule has 160 valence electrons. The van der Waals surface area contributed by atoms with Crippen molar-refractivity contribution in [3.63, 3.8) is 0 Å². The molecule has 4 rings (SSSR count). The van der Waals surface area contributed by atoms with Crippen LogP contribution in [0.5, 0.6) is 0 Å². The van der Waals surface area contributed by atoms with E-state index in [1.807, 2.05) is 53.6 Å². The quantitative estimate of drug-likeness (QED) is 0.553. The summed E-state index contributed by atoms with van der Waals surface area (Å²) in [5.41, 5.74) is 4.38. The van der Waals surface area contributed by atoms with Gasteiger partial charge in [-0.1, -0.05) is 48.9 Å². The maximum absolute atomic E-state index is 13.6. The van der Waals surface area contributed by atoms with Crippen molar-refractivity contribution < 1.29 is 9.59 Å². The summed E-state index contributed by atoms with van der Waals surface area (Å²) in [6.45, 7) is 6.98. The third kappa shape index (κ3) is 4.70. The van der Waals surface area contributed by atoms with Gasteiger partial charge in [-0.05, 0) is 48.6 Å². The van der Waals surface area contributed by atoms with Gasteiger partial charge in [0.2, 0.25) is 11.8 Å². The minimum Gasteiger partial charge on any atom is -0.351 e. The van der Waals surface area contributed by atoms with Gasteiger partial charge >= 0.3 is 0 Å². The van der Waals surface area contributed by atoms with Crippen molar-refractivity contribution in [2.45, 2.75) is 44.0 Å². The number of thioether (sulfide) groups is 1. The molecule has 0 unspecified atom stereocenters. The van der Waals surface area contributed by atoms with Crippen LogP contribution in [0.4, 0.5) is 5.69 Å². The number of hydrogen-bond acceptors (Lipinski definition) is 4. The van der Waals surface area contributed by atoms with Crippen molar-refractivity contribution in [1.29, 1.82) is 0 Å². The minimum atomic E-state index is -0.455. The number of nitrogens with one attached hydrogen (secondary N) is 1. The van der Waals surface area contributed by atoms with E-state index in [0.29, 0.717) is 13.1 Å². The van der Waals surface area contributed by atoms with Crippen molar-refractivity contribution in [2.75, 3.05) is 4.90 Å². The summed E-state index contributed by atoms with van der Waals surface area (Å²) in [5.74, 6) is -0.541. The van der Waals surface area contributed by atoms with Gasteiger partial charge in [0.25, 0.3) is 0 Å². The molecule has 0 aliphatic carbocycles. The lowest BCUT2D eigenvalue weighted by Crippen LogP contribution is -2.47. The Kier molecular flexibility index (Phi) is 6.49. The summed E-state index contributed by atoms with van der Waals surface area (Å²) in [7, 11) is 0. The summed E-state index contributed by atoms with van der Waals surface area (Å²) in [4.78, 5) is 30.5. The van der Waals surface area contributed by atoms with Crippen molar-refractivity contribution in [3.8, 4) is 0 Å². The highest BCUT2D eigenvalue weighted by molar-refractivity contribution is 8.01. The number of rotatable bonds is 6. The Hall–Kier alpha value is -2.57. The molecule has 31 heavy (non-hydrogen) atoms. The first-order chi connectivity index (χ1) is 14.9. The normalized spacial score (nSPS) is 16.7. The highest BCUT2D eigenvalue weighted by atomic mass is 32.2. The second-order valence-corrected chi connectivity index (χ2v) is 10.2. The third-order valence-corrected chi connectivity index (χ3v) is 7.98. The standard InChI is InChI=1S/C25H26N2O2S2/c1-16-10-11-17(2)19(13-16)15-27-21-8-4-5-9-22(21)31-23(25(27)29)18(3)24(28)26-14-20-7-6-12-30-20/h4-13,18,23H,14-15H2,1-3H3,(H,26,28)/t18-,23+/m1/s1. The van der Waals surface area contributed by atoms with Gasteiger partial charge in [0.1, 0.15) is 5.25 Å². The molecule has 1 aromatic heterocycles. The summed E-state index contributed by atoms with van der Waals surface area (Å²) >= 11 is 3.11. The molecule has 1 N–H and O–H groups in total. The molecule has 2 aromatic carbocycles. The maximum atomic E-state index is 13.6. The lowest BCUT2D eigenvalue weighted by atomic mass is 10.0. The number of carbonyl (C=O) groups excluding carboxylic acids is 2. The van der Waals surface area contributed by atoms with Gasteiger partial charge in [-0.3, -0.25) is 9.59 Å². The van der Waals surface area contributed by atoms with Crippen LogP contribution in [0.3, 0.4) is 0 Å². The van der Waals surface area contributed by atoms with Crippen LogP contribution in [-0.4, -0.2) is 17.1 Å². The molecule has 0 bridgehead atoms. The Labute approximate surface area is 191 Å². The van der Waals surface area contributed by atoms with Gasteiger partial charge < -0.3 is 10.2 Å². The fraction of sp³-hybridized carbons (Fsp3) is 0.280. The fourth-order valence-electron chi connectivity index (χ4n) is 3.75. The number of anilines is 1. The Morgan fingerprint density at radius 2 is 1.94 bits per heavy atom. The number of amides is 2. The van der Waals surface area contributed by atoms with E-state index >= 15 is 0 Å². The maximum Gasteiger partial charge on any atom is 0.241 e. The van der Waals surface area contributed by atoms with E-state index in [1.165, 1.54) is 17.3 Å². The van der Waals surface area contributed by atoms with Crippen LogP contribution in [0, 0.1) is 19.8 Å². The highest BCUT2D eigenvalue weighted by Gasteiger charge is 2.39. The van der Waals surface area contributed by atoms with Gasteiger partial charge in [0.15, 0.2) is 0 Å². The van der Waals surface area contributed by atoms with Crippen LogP contribution in [0.15, 0.2) is 64.9 Å². The number of aryl methyl sites for hydroxylation is 2. The zero-order valence-electron chi connectivity index (χ0n) is 17.9. The number of hydrogen-bond donors (Lipinski definition) is 1. The van der Waals surface area contributed by atoms with E-state index in [9.17, 15) is 9.59 Å². The first-order valence-electron chi connectivity index (χ1n) is 10.4. The first-order valence-corrected chi connectivity index (χ1v) is 12.1. The van der Waals surface area contributed by atoms with E-state index in [0.717, 1.165) is 26.6 Å². The van der Waals surface area contributed by atoms with E-state index < -0.39 is 11.2 Å². The van der Waals surface area contributed by atoms with Crippen molar-refractivity contribution in [1.82, 2.24) is 5.32 Å². The Morgan fingerprint density at radius 1 is 1.13 bits per heavy atom. The van der Waals surface area contributed by atoms with Crippen molar-refractivity contribution >= 4 is 40.6 Å². The van der Waals surface area contributed by atoms with E-state index in [4.69, 9.17) is 0 Å². The topological polar surface area (TPSA) is 49.4 Å². The lowest BCUT2D eigenvalue weighted by Gasteiger charge is -2.36. The lowest BCUT2D eigenvalue weighted by molar-refractivity contribution is -0.128. The number of benzene rings is 2. The average molecular weight is 451 g/mol. The van der Waals surface area contributed by atoms with Gasteiger partial charge in [-0.25, -0.2) is 0 Å². The number of nitrogens with zero attached hydrogens (tertiary/aromatic N) is 1. The first kappa shape index (κ1) is 21.7. The van der Waals surface area contributed by atoms with Crippen molar-refractivity contribution in [3.05, 3.63) is 81.5 Å². The van der Waals surface area contributed by atoms with Crippen molar-refractivity contribution in [2.24, 2.45) is 5.92 Å². The molecule has 1 aliphatic heterocycles. The molecule has 0 saturated heterocycles. The van der Waals surface area contributed by atoms with Gasteiger partial charge in [-0.2, -0.15) is 0 Å². The zero-order valence-corrected chi connectivity index (χ0v) is 19.6. The van der Waals surface area contributed by atoms with E-state index in [-0.39, 0.29) is 11.8 Å². The molecule has 2 atom stereocenters. The summed E-state index contributed by atoms with van der Waals surface area (Å²) in [5, 5.41) is 4.53. The molecule has 3 aromatic rings. The number of carbonyl (C=O) groups is 2. The van der Waals surface area contributed by atoms with Crippen LogP contribution in [0.25, 0.3) is 0 Å². The molecular weight excluding hydrogens is 424 g/mol. The Bertz CT molecular complexity index is 1090. The molecule has 4 nitrogen and oxygen atoms in total. The highest BCUT2D eigenvalue weighted by Crippen LogP contribution is 2.42. The fourth-order valence-corrected chi connectivity index (χ4v) is 5.68. The Balaban J connectivity index is 1.58. The SMILES string of the molecule is Cc1ccc(C)c(CN2C(=O)[C@H]([C@@H](C)C(=O)NCc3cccs3)Sc3ccccc32)c1. The molecule has 0 spiro atoms. The van der Waals surface area contributed by atoms with Gasteiger partial charge in [0, 0.05) is 9.77 Å². The molecule has 0 saturated carbocycles. The smallest absolute Gasteiger partial charge is 0.241 e. The minimum absolute atomic E-state index is 0.0108. The molecule has 1 aliphatic rings. The summed E-state index contributed by atoms with van der Waals surface area (Å²) in [6, 6.07) is 18.3. The predicted molar refractivity (Wildman–Crippen MR) is 129 cm³/mol. The summed E-state index contributed by atoms with van der Waals surface area (Å²) in [6.07, 6.45) is 0. The number of thiophene rings is 1.